The van der Waals surface area contributed by atoms with E-state index in [4.69, 9.17) is 12.2 Å². The summed E-state index contributed by atoms with van der Waals surface area (Å²) in [6, 6.07) is 29.0. The molecule has 4 aromatic carbocycles. The van der Waals surface area contributed by atoms with Crippen LogP contribution in [0.4, 0.5) is 11.4 Å². The number of unbranched alkanes of at least 4 members (excludes halogenated alkanes) is 1. The highest BCUT2D eigenvalue weighted by atomic mass is 16.2. The number of nitrogens with one attached hydrogen (secondary N) is 3. The van der Waals surface area contributed by atoms with Crippen molar-refractivity contribution >= 4 is 34.9 Å². The molecule has 8 nitrogen and oxygen atoms in total. The molecule has 0 aromatic heterocycles. The van der Waals surface area contributed by atoms with Gasteiger partial charge in [0.05, 0.1) is 11.4 Å². The minimum atomic E-state index is -0.842. The molecule has 0 bridgehead atoms. The van der Waals surface area contributed by atoms with Gasteiger partial charge in [-0.15, -0.1) is 12.3 Å². The summed E-state index contributed by atoms with van der Waals surface area (Å²) in [5.74, 6) is 1.48. The molecule has 3 amide bonds. The van der Waals surface area contributed by atoms with Gasteiger partial charge in [-0.2, -0.15) is 0 Å². The molecule has 0 saturated heterocycles. The molecule has 222 valence electrons. The zero-order valence-corrected chi connectivity index (χ0v) is 24.2. The summed E-state index contributed by atoms with van der Waals surface area (Å²) in [4.78, 5) is 51.3. The van der Waals surface area contributed by atoms with Crippen LogP contribution in [0.15, 0.2) is 103 Å². The number of carbonyl (C=O) groups excluding carboxylic acids is 4. The van der Waals surface area contributed by atoms with Gasteiger partial charge in [0.1, 0.15) is 6.04 Å². The van der Waals surface area contributed by atoms with Crippen LogP contribution in [0.2, 0.25) is 0 Å². The predicted molar refractivity (Wildman–Crippen MR) is 172 cm³/mol. The lowest BCUT2D eigenvalue weighted by molar-refractivity contribution is -0.129. The van der Waals surface area contributed by atoms with Gasteiger partial charge in [0.25, 0.3) is 5.91 Å². The van der Waals surface area contributed by atoms with E-state index in [9.17, 15) is 19.2 Å². The summed E-state index contributed by atoms with van der Waals surface area (Å²) in [7, 11) is 0. The molecule has 0 radical (unpaired) electrons. The zero-order valence-electron chi connectivity index (χ0n) is 24.2. The highest BCUT2D eigenvalue weighted by Crippen LogP contribution is 2.18. The maximum atomic E-state index is 13.3. The Balaban J connectivity index is 1.39. The molecule has 0 aliphatic rings. The van der Waals surface area contributed by atoms with Gasteiger partial charge in [-0.05, 0) is 41.8 Å². The zero-order chi connectivity index (χ0) is 31.3. The van der Waals surface area contributed by atoms with E-state index >= 15 is 0 Å². The number of anilines is 2. The Morgan fingerprint density at radius 3 is 2.05 bits per heavy atom. The van der Waals surface area contributed by atoms with Gasteiger partial charge in [-0.25, -0.2) is 0 Å². The Morgan fingerprint density at radius 2 is 1.36 bits per heavy atom. The van der Waals surface area contributed by atoms with E-state index in [1.807, 2.05) is 18.2 Å². The van der Waals surface area contributed by atoms with Crippen LogP contribution in [-0.2, 0) is 22.6 Å². The lowest BCUT2D eigenvalue weighted by atomic mass is 9.99. The minimum absolute atomic E-state index is 0.0963. The van der Waals surface area contributed by atoms with E-state index in [1.54, 1.807) is 84.9 Å². The molecule has 0 saturated carbocycles. The first-order valence-electron chi connectivity index (χ1n) is 14.3. The number of nitrogens with two attached hydrogens (primary N) is 1. The standard InChI is InChI=1S/C36H34N4O4/c1-2-3-5-14-33(41)39-32(23-25-15-19-28(20-16-25)34(42)27-10-6-4-7-11-27)36(44)38-24-26-17-21-29(22-18-26)35(43)40-31-13-9-8-12-30(31)37/h1,4,6-13,15-22,32H,3,5,14,23-24,37H2,(H,38,44)(H,39,41)(H,40,43)/t32-/m1/s1. The van der Waals surface area contributed by atoms with Crippen LogP contribution >= 0.6 is 0 Å². The number of benzene rings is 4. The summed E-state index contributed by atoms with van der Waals surface area (Å²) in [5.41, 5.74) is 10.0. The fraction of sp³-hybridized carbons (Fsp3) is 0.167. The molecule has 0 aliphatic heterocycles. The first kappa shape index (κ1) is 31.3. The van der Waals surface area contributed by atoms with E-state index in [0.29, 0.717) is 40.9 Å². The van der Waals surface area contributed by atoms with Gasteiger partial charge in [-0.1, -0.05) is 78.9 Å². The Kier molecular flexibility index (Phi) is 11.0. The van der Waals surface area contributed by atoms with E-state index in [0.717, 1.165) is 11.1 Å². The summed E-state index contributed by atoms with van der Waals surface area (Å²) < 4.78 is 0. The van der Waals surface area contributed by atoms with Crippen molar-refractivity contribution in [3.8, 4) is 12.3 Å². The normalized spacial score (nSPS) is 11.1. The maximum Gasteiger partial charge on any atom is 0.255 e. The molecule has 4 rings (SSSR count). The number of terminal acetylenes is 1. The molecule has 44 heavy (non-hydrogen) atoms. The number of hydrogen-bond donors (Lipinski definition) is 4. The number of para-hydroxylation sites is 2. The highest BCUT2D eigenvalue weighted by Gasteiger charge is 2.21. The van der Waals surface area contributed by atoms with Crippen LogP contribution in [0, 0.1) is 12.3 Å². The third kappa shape index (κ3) is 8.91. The summed E-state index contributed by atoms with van der Waals surface area (Å²) in [6.45, 7) is 0.195. The van der Waals surface area contributed by atoms with Crippen molar-refractivity contribution in [2.45, 2.75) is 38.3 Å². The fourth-order valence-corrected chi connectivity index (χ4v) is 4.50. The Bertz CT molecular complexity index is 1640. The van der Waals surface area contributed by atoms with Crippen molar-refractivity contribution in [2.75, 3.05) is 11.1 Å². The highest BCUT2D eigenvalue weighted by molar-refractivity contribution is 6.09. The van der Waals surface area contributed by atoms with E-state index in [1.165, 1.54) is 0 Å². The van der Waals surface area contributed by atoms with Crippen molar-refractivity contribution in [3.05, 3.63) is 131 Å². The number of rotatable bonds is 13. The van der Waals surface area contributed by atoms with Gasteiger partial charge >= 0.3 is 0 Å². The minimum Gasteiger partial charge on any atom is -0.397 e. The summed E-state index contributed by atoms with van der Waals surface area (Å²) >= 11 is 0. The molecular weight excluding hydrogens is 552 g/mol. The number of nitrogen functional groups attached to an aromatic ring is 1. The van der Waals surface area contributed by atoms with E-state index in [-0.39, 0.29) is 42.9 Å². The van der Waals surface area contributed by atoms with Gasteiger partial charge in [-0.3, -0.25) is 19.2 Å². The molecule has 0 aliphatic carbocycles. The Morgan fingerprint density at radius 1 is 0.750 bits per heavy atom. The lowest BCUT2D eigenvalue weighted by Crippen LogP contribution is -2.47. The largest absolute Gasteiger partial charge is 0.397 e. The van der Waals surface area contributed by atoms with Crippen molar-refractivity contribution in [1.82, 2.24) is 10.6 Å². The summed E-state index contributed by atoms with van der Waals surface area (Å²) in [5, 5.41) is 8.49. The number of carbonyl (C=O) groups is 4. The van der Waals surface area contributed by atoms with Gasteiger partial charge < -0.3 is 21.7 Å². The molecule has 0 unspecified atom stereocenters. The first-order chi connectivity index (χ1) is 21.3. The van der Waals surface area contributed by atoms with Crippen LogP contribution in [0.1, 0.15) is 56.7 Å². The average molecular weight is 587 g/mol. The Labute approximate surface area is 257 Å². The second-order valence-corrected chi connectivity index (χ2v) is 10.2. The van der Waals surface area contributed by atoms with Gasteiger partial charge in [0.2, 0.25) is 11.8 Å². The average Bonchev–Trinajstić information content (AvgIpc) is 3.05. The van der Waals surface area contributed by atoms with Gasteiger partial charge in [0.15, 0.2) is 5.78 Å². The number of hydrogen-bond acceptors (Lipinski definition) is 5. The number of amides is 3. The summed E-state index contributed by atoms with van der Waals surface area (Å²) in [6.07, 6.45) is 6.72. The molecular formula is C36H34N4O4. The topological polar surface area (TPSA) is 130 Å². The number of ketones is 1. The van der Waals surface area contributed by atoms with Crippen molar-refractivity contribution in [3.63, 3.8) is 0 Å². The molecule has 0 heterocycles. The van der Waals surface area contributed by atoms with Crippen LogP contribution in [-0.4, -0.2) is 29.5 Å². The lowest BCUT2D eigenvalue weighted by Gasteiger charge is -2.19. The van der Waals surface area contributed by atoms with E-state index in [2.05, 4.69) is 21.9 Å². The molecule has 8 heteroatoms. The third-order valence-corrected chi connectivity index (χ3v) is 6.96. The SMILES string of the molecule is C#CCCCC(=O)N[C@H](Cc1ccc(C(=O)c2ccccc2)cc1)C(=O)NCc1ccc(C(=O)Nc2ccccc2N)cc1. The fourth-order valence-electron chi connectivity index (χ4n) is 4.50. The maximum absolute atomic E-state index is 13.3. The molecule has 1 atom stereocenters. The molecule has 0 spiro atoms. The third-order valence-electron chi connectivity index (χ3n) is 6.96. The quantitative estimate of drug-likeness (QED) is 0.0767. The van der Waals surface area contributed by atoms with Crippen LogP contribution in [0.3, 0.4) is 0 Å². The molecule has 5 N–H and O–H groups in total. The predicted octanol–water partition coefficient (Wildman–Crippen LogP) is 4.90. The second kappa shape index (κ2) is 15.5. The first-order valence-corrected chi connectivity index (χ1v) is 14.3. The van der Waals surface area contributed by atoms with Crippen molar-refractivity contribution < 1.29 is 19.2 Å². The van der Waals surface area contributed by atoms with Crippen LogP contribution in [0.25, 0.3) is 0 Å². The van der Waals surface area contributed by atoms with Crippen LogP contribution in [0.5, 0.6) is 0 Å². The Hall–Kier alpha value is -5.68. The van der Waals surface area contributed by atoms with Crippen molar-refractivity contribution in [2.24, 2.45) is 0 Å². The molecule has 4 aromatic rings. The second-order valence-electron chi connectivity index (χ2n) is 10.2. The van der Waals surface area contributed by atoms with E-state index < -0.39 is 6.04 Å². The van der Waals surface area contributed by atoms with Crippen molar-refractivity contribution in [1.29, 1.82) is 0 Å². The molecule has 0 fully saturated rings. The monoisotopic (exact) mass is 586 g/mol. The van der Waals surface area contributed by atoms with Crippen LogP contribution < -0.4 is 21.7 Å². The van der Waals surface area contributed by atoms with Gasteiger partial charge in [0, 0.05) is 42.5 Å². The smallest absolute Gasteiger partial charge is 0.255 e.